The van der Waals surface area contributed by atoms with E-state index in [9.17, 15) is 4.79 Å². The minimum atomic E-state index is 0.0814. The molecule has 0 saturated heterocycles. The number of carbonyl (C=O) groups excluding carboxylic acids is 1. The summed E-state index contributed by atoms with van der Waals surface area (Å²) in [5, 5.41) is 6.53. The van der Waals surface area contributed by atoms with Gasteiger partial charge in [0.15, 0.2) is 5.78 Å². The van der Waals surface area contributed by atoms with Crippen molar-refractivity contribution in [2.45, 2.75) is 13.0 Å². The number of hydrogen-bond donors (Lipinski definition) is 2. The molecule has 22 heavy (non-hydrogen) atoms. The van der Waals surface area contributed by atoms with Crippen molar-refractivity contribution >= 4 is 11.5 Å². The van der Waals surface area contributed by atoms with Gasteiger partial charge in [0.1, 0.15) is 12.4 Å². The number of nitrogens with one attached hydrogen (secondary N) is 2. The van der Waals surface area contributed by atoms with Crippen molar-refractivity contribution in [1.29, 1.82) is 0 Å². The molecule has 0 spiro atoms. The van der Waals surface area contributed by atoms with E-state index in [2.05, 4.69) is 29.7 Å². The zero-order valence-electron chi connectivity index (χ0n) is 12.6. The minimum Gasteiger partial charge on any atom is -0.490 e. The third kappa shape index (κ3) is 3.28. The van der Waals surface area contributed by atoms with E-state index in [-0.39, 0.29) is 11.8 Å². The Balaban J connectivity index is 1.62. The fourth-order valence-corrected chi connectivity index (χ4v) is 2.52. The average molecular weight is 296 g/mol. The molecule has 1 aliphatic heterocycles. The number of ether oxygens (including phenoxy) is 1. The van der Waals surface area contributed by atoms with Crippen LogP contribution in [-0.4, -0.2) is 25.5 Å². The summed E-state index contributed by atoms with van der Waals surface area (Å²) >= 11 is 0. The molecule has 4 nitrogen and oxygen atoms in total. The third-order valence-electron chi connectivity index (χ3n) is 3.84. The van der Waals surface area contributed by atoms with Crippen LogP contribution < -0.4 is 15.4 Å². The molecule has 0 saturated carbocycles. The maximum atomic E-state index is 12.3. The van der Waals surface area contributed by atoms with Crippen LogP contribution in [0, 0.1) is 0 Å². The first-order valence-corrected chi connectivity index (χ1v) is 7.56. The van der Waals surface area contributed by atoms with Crippen molar-refractivity contribution < 1.29 is 9.53 Å². The van der Waals surface area contributed by atoms with Crippen molar-refractivity contribution in [1.82, 2.24) is 5.32 Å². The van der Waals surface area contributed by atoms with Crippen LogP contribution in [0.25, 0.3) is 0 Å². The van der Waals surface area contributed by atoms with E-state index in [1.54, 1.807) is 0 Å². The first-order chi connectivity index (χ1) is 10.7. The van der Waals surface area contributed by atoms with Gasteiger partial charge < -0.3 is 15.4 Å². The van der Waals surface area contributed by atoms with Gasteiger partial charge in [-0.1, -0.05) is 30.3 Å². The van der Waals surface area contributed by atoms with Crippen LogP contribution in [0.1, 0.15) is 28.9 Å². The third-order valence-corrected chi connectivity index (χ3v) is 3.84. The number of rotatable bonds is 5. The molecule has 0 amide bonds. The molecule has 114 valence electrons. The predicted octanol–water partition coefficient (Wildman–Crippen LogP) is 3.02. The topological polar surface area (TPSA) is 50.4 Å². The molecular formula is C18H20N2O2. The van der Waals surface area contributed by atoms with Gasteiger partial charge >= 0.3 is 0 Å². The van der Waals surface area contributed by atoms with E-state index in [1.165, 1.54) is 5.56 Å². The molecule has 0 radical (unpaired) electrons. The number of fused-ring (bicyclic) bond motifs is 1. The van der Waals surface area contributed by atoms with Crippen LogP contribution in [0.5, 0.6) is 5.75 Å². The first kappa shape index (κ1) is 14.6. The van der Waals surface area contributed by atoms with Gasteiger partial charge in [-0.05, 0) is 30.7 Å². The van der Waals surface area contributed by atoms with Gasteiger partial charge in [0.05, 0.1) is 12.2 Å². The largest absolute Gasteiger partial charge is 0.490 e. The summed E-state index contributed by atoms with van der Waals surface area (Å²) in [6, 6.07) is 15.8. The SMILES string of the molecule is CC(NCC(=O)c1ccc2c(c1)NCCO2)c1ccccc1. The Morgan fingerprint density at radius 1 is 1.27 bits per heavy atom. The number of ketones is 1. The summed E-state index contributed by atoms with van der Waals surface area (Å²) in [6.45, 7) is 3.81. The molecule has 1 aliphatic rings. The second-order valence-corrected chi connectivity index (χ2v) is 5.42. The fraction of sp³-hybridized carbons (Fsp3) is 0.278. The van der Waals surface area contributed by atoms with E-state index >= 15 is 0 Å². The Labute approximate surface area is 130 Å². The summed E-state index contributed by atoms with van der Waals surface area (Å²) in [7, 11) is 0. The molecule has 2 N–H and O–H groups in total. The van der Waals surface area contributed by atoms with Crippen molar-refractivity contribution in [3.05, 3.63) is 59.7 Å². The summed E-state index contributed by atoms with van der Waals surface area (Å²) in [6.07, 6.45) is 0. The lowest BCUT2D eigenvalue weighted by Gasteiger charge is -2.19. The van der Waals surface area contributed by atoms with Crippen molar-refractivity contribution in [2.75, 3.05) is 25.0 Å². The molecule has 0 fully saturated rings. The maximum Gasteiger partial charge on any atom is 0.176 e. The van der Waals surface area contributed by atoms with Crippen LogP contribution in [0.15, 0.2) is 48.5 Å². The number of carbonyl (C=O) groups is 1. The normalized spacial score (nSPS) is 14.4. The van der Waals surface area contributed by atoms with Crippen LogP contribution in [-0.2, 0) is 0 Å². The van der Waals surface area contributed by atoms with Crippen molar-refractivity contribution in [3.8, 4) is 5.75 Å². The van der Waals surface area contributed by atoms with E-state index in [4.69, 9.17) is 4.74 Å². The smallest absolute Gasteiger partial charge is 0.176 e. The van der Waals surface area contributed by atoms with Gasteiger partial charge in [0, 0.05) is 18.2 Å². The molecule has 2 aromatic rings. The number of hydrogen-bond acceptors (Lipinski definition) is 4. The number of Topliss-reactive ketones (excluding diaryl/α,β-unsaturated/α-hetero) is 1. The van der Waals surface area contributed by atoms with Crippen LogP contribution in [0.2, 0.25) is 0 Å². The van der Waals surface area contributed by atoms with Crippen molar-refractivity contribution in [2.24, 2.45) is 0 Å². The lowest BCUT2D eigenvalue weighted by atomic mass is 10.1. The standard InChI is InChI=1S/C18H20N2O2/c1-13(14-5-3-2-4-6-14)20-12-17(21)15-7-8-18-16(11-15)19-9-10-22-18/h2-8,11,13,19-20H,9-10,12H2,1H3. The van der Waals surface area contributed by atoms with Crippen LogP contribution in [0.3, 0.4) is 0 Å². The van der Waals surface area contributed by atoms with Crippen LogP contribution >= 0.6 is 0 Å². The lowest BCUT2D eigenvalue weighted by molar-refractivity contribution is 0.0988. The summed E-state index contributed by atoms with van der Waals surface area (Å²) in [4.78, 5) is 12.3. The highest BCUT2D eigenvalue weighted by atomic mass is 16.5. The number of benzene rings is 2. The molecule has 1 heterocycles. The molecule has 0 aliphatic carbocycles. The molecule has 2 aromatic carbocycles. The zero-order chi connectivity index (χ0) is 15.4. The second kappa shape index (κ2) is 6.62. The minimum absolute atomic E-state index is 0.0814. The van der Waals surface area contributed by atoms with Gasteiger partial charge in [0.25, 0.3) is 0 Å². The first-order valence-electron chi connectivity index (χ1n) is 7.56. The zero-order valence-corrected chi connectivity index (χ0v) is 12.6. The second-order valence-electron chi connectivity index (χ2n) is 5.42. The van der Waals surface area contributed by atoms with Gasteiger partial charge in [-0.15, -0.1) is 0 Å². The van der Waals surface area contributed by atoms with Crippen molar-refractivity contribution in [3.63, 3.8) is 0 Å². The Hall–Kier alpha value is -2.33. The van der Waals surface area contributed by atoms with Crippen LogP contribution in [0.4, 0.5) is 5.69 Å². The molecule has 1 atom stereocenters. The van der Waals surface area contributed by atoms with E-state index in [1.807, 2.05) is 36.4 Å². The molecule has 0 aromatic heterocycles. The van der Waals surface area contributed by atoms with Gasteiger partial charge in [0.2, 0.25) is 0 Å². The maximum absolute atomic E-state index is 12.3. The van der Waals surface area contributed by atoms with E-state index in [0.717, 1.165) is 18.0 Å². The van der Waals surface area contributed by atoms with Gasteiger partial charge in [-0.2, -0.15) is 0 Å². The molecule has 1 unspecified atom stereocenters. The molecule has 3 rings (SSSR count). The van der Waals surface area contributed by atoms with Gasteiger partial charge in [-0.25, -0.2) is 0 Å². The molecule has 0 bridgehead atoms. The summed E-state index contributed by atoms with van der Waals surface area (Å²) in [5.41, 5.74) is 2.77. The quantitative estimate of drug-likeness (QED) is 0.833. The lowest BCUT2D eigenvalue weighted by Crippen LogP contribution is -2.26. The van der Waals surface area contributed by atoms with E-state index in [0.29, 0.717) is 18.7 Å². The number of anilines is 1. The Kier molecular flexibility index (Phi) is 4.39. The van der Waals surface area contributed by atoms with E-state index < -0.39 is 0 Å². The monoisotopic (exact) mass is 296 g/mol. The predicted molar refractivity (Wildman–Crippen MR) is 87.6 cm³/mol. The Morgan fingerprint density at radius 2 is 2.09 bits per heavy atom. The fourth-order valence-electron chi connectivity index (χ4n) is 2.52. The highest BCUT2D eigenvalue weighted by Gasteiger charge is 2.14. The summed E-state index contributed by atoms with van der Waals surface area (Å²) in [5.74, 6) is 0.895. The Bertz CT molecular complexity index is 655. The highest BCUT2D eigenvalue weighted by Crippen LogP contribution is 2.28. The van der Waals surface area contributed by atoms with Gasteiger partial charge in [-0.3, -0.25) is 4.79 Å². The Morgan fingerprint density at radius 3 is 2.91 bits per heavy atom. The molecule has 4 heteroatoms. The highest BCUT2D eigenvalue weighted by molar-refractivity contribution is 5.98. The molecular weight excluding hydrogens is 276 g/mol. The summed E-state index contributed by atoms with van der Waals surface area (Å²) < 4.78 is 5.52. The average Bonchev–Trinajstić information content (AvgIpc) is 2.59.